The van der Waals surface area contributed by atoms with Crippen LogP contribution in [0.15, 0.2) is 24.4 Å². The van der Waals surface area contributed by atoms with Crippen LogP contribution in [-0.2, 0) is 4.74 Å². The highest BCUT2D eigenvalue weighted by Crippen LogP contribution is 2.36. The van der Waals surface area contributed by atoms with Crippen molar-refractivity contribution in [2.75, 3.05) is 20.8 Å². The number of benzene rings is 1. The topological polar surface area (TPSA) is 73.4 Å². The zero-order chi connectivity index (χ0) is 14.5. The molecule has 2 aromatic rings. The zero-order valence-corrected chi connectivity index (χ0v) is 11.6. The third-order valence-corrected chi connectivity index (χ3v) is 2.74. The van der Waals surface area contributed by atoms with Crippen molar-refractivity contribution in [2.24, 2.45) is 0 Å². The van der Waals surface area contributed by atoms with Crippen molar-refractivity contribution in [3.8, 4) is 22.9 Å². The van der Waals surface area contributed by atoms with E-state index in [1.807, 2.05) is 6.07 Å². The molecule has 1 heterocycles. The van der Waals surface area contributed by atoms with Gasteiger partial charge in [0.25, 0.3) is 0 Å². The summed E-state index contributed by atoms with van der Waals surface area (Å²) in [6.45, 7) is 2.06. The lowest BCUT2D eigenvalue weighted by molar-refractivity contribution is 0.0520. The SMILES string of the molecule is CCOC(=O)c1cnc(-c2c(OC)cccc2OC)[nH]1. The molecule has 0 spiro atoms. The summed E-state index contributed by atoms with van der Waals surface area (Å²) >= 11 is 0. The number of methoxy groups -OCH3 is 2. The van der Waals surface area contributed by atoms with E-state index in [2.05, 4.69) is 9.97 Å². The summed E-state index contributed by atoms with van der Waals surface area (Å²) in [6.07, 6.45) is 1.43. The Hall–Kier alpha value is -2.50. The Balaban J connectivity index is 2.44. The highest BCUT2D eigenvalue weighted by molar-refractivity contribution is 5.88. The van der Waals surface area contributed by atoms with Gasteiger partial charge in [-0.25, -0.2) is 9.78 Å². The van der Waals surface area contributed by atoms with Crippen LogP contribution >= 0.6 is 0 Å². The van der Waals surface area contributed by atoms with Crippen molar-refractivity contribution in [3.05, 3.63) is 30.1 Å². The Kier molecular flexibility index (Phi) is 4.24. The van der Waals surface area contributed by atoms with Gasteiger partial charge >= 0.3 is 5.97 Å². The minimum absolute atomic E-state index is 0.287. The molecule has 0 bridgehead atoms. The predicted molar refractivity (Wildman–Crippen MR) is 73.1 cm³/mol. The second-order valence-electron chi connectivity index (χ2n) is 3.90. The Morgan fingerprint density at radius 2 is 1.90 bits per heavy atom. The van der Waals surface area contributed by atoms with Gasteiger partial charge in [0.05, 0.1) is 27.0 Å². The number of nitrogens with zero attached hydrogens (tertiary/aromatic N) is 1. The van der Waals surface area contributed by atoms with Crippen molar-refractivity contribution in [2.45, 2.75) is 6.92 Å². The molecule has 0 atom stereocenters. The number of hydrogen-bond acceptors (Lipinski definition) is 5. The molecular weight excluding hydrogens is 260 g/mol. The van der Waals surface area contributed by atoms with E-state index in [9.17, 15) is 4.79 Å². The first-order valence-electron chi connectivity index (χ1n) is 6.14. The van der Waals surface area contributed by atoms with Crippen LogP contribution < -0.4 is 9.47 Å². The molecule has 0 radical (unpaired) electrons. The van der Waals surface area contributed by atoms with Crippen LogP contribution in [0, 0.1) is 0 Å². The first-order valence-corrected chi connectivity index (χ1v) is 6.14. The molecule has 0 amide bonds. The van der Waals surface area contributed by atoms with Gasteiger partial charge in [0.2, 0.25) is 0 Å². The second kappa shape index (κ2) is 6.10. The van der Waals surface area contributed by atoms with E-state index < -0.39 is 5.97 Å². The molecule has 0 aliphatic carbocycles. The predicted octanol–water partition coefficient (Wildman–Crippen LogP) is 2.27. The lowest BCUT2D eigenvalue weighted by Gasteiger charge is -2.10. The minimum Gasteiger partial charge on any atom is -0.496 e. The van der Waals surface area contributed by atoms with E-state index in [0.29, 0.717) is 29.5 Å². The van der Waals surface area contributed by atoms with Gasteiger partial charge in [-0.1, -0.05) is 6.07 Å². The van der Waals surface area contributed by atoms with E-state index >= 15 is 0 Å². The number of carbonyl (C=O) groups is 1. The minimum atomic E-state index is -0.444. The average molecular weight is 276 g/mol. The Morgan fingerprint density at radius 1 is 1.25 bits per heavy atom. The number of H-pyrrole nitrogens is 1. The lowest BCUT2D eigenvalue weighted by Crippen LogP contribution is -2.04. The van der Waals surface area contributed by atoms with Gasteiger partial charge in [-0.3, -0.25) is 0 Å². The van der Waals surface area contributed by atoms with Crippen molar-refractivity contribution in [1.29, 1.82) is 0 Å². The standard InChI is InChI=1S/C14H16N2O4/c1-4-20-14(17)9-8-15-13(16-9)12-10(18-2)6-5-7-11(12)19-3/h5-8H,4H2,1-3H3,(H,15,16). The molecule has 1 aromatic carbocycles. The highest BCUT2D eigenvalue weighted by atomic mass is 16.5. The third-order valence-electron chi connectivity index (χ3n) is 2.74. The van der Waals surface area contributed by atoms with Crippen LogP contribution in [0.2, 0.25) is 0 Å². The van der Waals surface area contributed by atoms with Crippen molar-refractivity contribution >= 4 is 5.97 Å². The lowest BCUT2D eigenvalue weighted by atomic mass is 10.1. The van der Waals surface area contributed by atoms with Crippen LogP contribution in [0.25, 0.3) is 11.4 Å². The summed E-state index contributed by atoms with van der Waals surface area (Å²) in [5.41, 5.74) is 0.947. The summed E-state index contributed by atoms with van der Waals surface area (Å²) in [5, 5.41) is 0. The van der Waals surface area contributed by atoms with Gasteiger partial charge in [0.1, 0.15) is 28.6 Å². The molecule has 0 saturated carbocycles. The highest BCUT2D eigenvalue weighted by Gasteiger charge is 2.17. The largest absolute Gasteiger partial charge is 0.496 e. The molecule has 20 heavy (non-hydrogen) atoms. The fraction of sp³-hybridized carbons (Fsp3) is 0.286. The van der Waals surface area contributed by atoms with Gasteiger partial charge in [-0.15, -0.1) is 0 Å². The number of hydrogen-bond donors (Lipinski definition) is 1. The van der Waals surface area contributed by atoms with Crippen molar-refractivity contribution in [3.63, 3.8) is 0 Å². The Bertz CT molecular complexity index is 585. The molecule has 0 aliphatic heterocycles. The summed E-state index contributed by atoms with van der Waals surface area (Å²) in [4.78, 5) is 18.8. The summed E-state index contributed by atoms with van der Waals surface area (Å²) < 4.78 is 15.5. The number of aromatic amines is 1. The smallest absolute Gasteiger partial charge is 0.356 e. The van der Waals surface area contributed by atoms with Gasteiger partial charge in [-0.05, 0) is 19.1 Å². The quantitative estimate of drug-likeness (QED) is 0.848. The van der Waals surface area contributed by atoms with Crippen LogP contribution in [-0.4, -0.2) is 36.8 Å². The van der Waals surface area contributed by atoms with E-state index in [1.165, 1.54) is 6.20 Å². The maximum Gasteiger partial charge on any atom is 0.356 e. The number of imidazole rings is 1. The van der Waals surface area contributed by atoms with Crippen molar-refractivity contribution in [1.82, 2.24) is 9.97 Å². The monoisotopic (exact) mass is 276 g/mol. The number of rotatable bonds is 5. The van der Waals surface area contributed by atoms with Crippen molar-refractivity contribution < 1.29 is 19.0 Å². The maximum absolute atomic E-state index is 11.6. The summed E-state index contributed by atoms with van der Waals surface area (Å²) in [7, 11) is 3.13. The summed E-state index contributed by atoms with van der Waals surface area (Å²) in [6, 6.07) is 5.41. The molecule has 6 heteroatoms. The van der Waals surface area contributed by atoms with Gasteiger partial charge in [-0.2, -0.15) is 0 Å². The van der Waals surface area contributed by atoms with Crippen LogP contribution in [0.5, 0.6) is 11.5 Å². The molecule has 106 valence electrons. The average Bonchev–Trinajstić information content (AvgIpc) is 2.96. The number of ether oxygens (including phenoxy) is 3. The first-order chi connectivity index (χ1) is 9.71. The molecule has 6 nitrogen and oxygen atoms in total. The van der Waals surface area contributed by atoms with Gasteiger partial charge in [0, 0.05) is 0 Å². The molecule has 0 unspecified atom stereocenters. The van der Waals surface area contributed by atoms with Crippen LogP contribution in [0.3, 0.4) is 0 Å². The van der Waals surface area contributed by atoms with E-state index in [-0.39, 0.29) is 5.69 Å². The molecule has 0 saturated heterocycles. The molecular formula is C14H16N2O4. The fourth-order valence-electron chi connectivity index (χ4n) is 1.85. The third kappa shape index (κ3) is 2.59. The number of esters is 1. The zero-order valence-electron chi connectivity index (χ0n) is 11.6. The Morgan fingerprint density at radius 3 is 2.45 bits per heavy atom. The molecule has 0 fully saturated rings. The normalized spacial score (nSPS) is 10.2. The second-order valence-corrected chi connectivity index (χ2v) is 3.90. The Labute approximate surface area is 116 Å². The van der Waals surface area contributed by atoms with E-state index in [4.69, 9.17) is 14.2 Å². The maximum atomic E-state index is 11.6. The van der Waals surface area contributed by atoms with E-state index in [1.54, 1.807) is 33.3 Å². The molecule has 1 aromatic heterocycles. The molecule has 0 aliphatic rings. The fourth-order valence-corrected chi connectivity index (χ4v) is 1.85. The molecule has 2 rings (SSSR count). The summed E-state index contributed by atoms with van der Waals surface area (Å²) in [5.74, 6) is 1.26. The van der Waals surface area contributed by atoms with Gasteiger partial charge < -0.3 is 19.2 Å². The van der Waals surface area contributed by atoms with Gasteiger partial charge in [0.15, 0.2) is 0 Å². The van der Waals surface area contributed by atoms with Crippen LogP contribution in [0.4, 0.5) is 0 Å². The van der Waals surface area contributed by atoms with E-state index in [0.717, 1.165) is 0 Å². The van der Waals surface area contributed by atoms with Crippen LogP contribution in [0.1, 0.15) is 17.4 Å². The number of nitrogens with one attached hydrogen (secondary N) is 1. The number of aromatic nitrogens is 2. The first kappa shape index (κ1) is 13.9. The molecule has 1 N–H and O–H groups in total. The number of carbonyl (C=O) groups excluding carboxylic acids is 1.